The van der Waals surface area contributed by atoms with Gasteiger partial charge in [0.1, 0.15) is 13.2 Å². The molecule has 0 unspecified atom stereocenters. The van der Waals surface area contributed by atoms with Crippen molar-refractivity contribution < 1.29 is 18.8 Å². The van der Waals surface area contributed by atoms with Crippen LogP contribution in [0.3, 0.4) is 0 Å². The largest absolute Gasteiger partial charge is 0.445 e. The molecule has 2 rings (SSSR count). The quantitative estimate of drug-likeness (QED) is 0.496. The van der Waals surface area contributed by atoms with E-state index in [2.05, 4.69) is 33.9 Å². The molecule has 2 aromatic carbocycles. The van der Waals surface area contributed by atoms with Gasteiger partial charge in [0.05, 0.1) is 6.61 Å². The number of anilines is 1. The molecular weight excluding hydrogens is 420 g/mol. The number of likely N-dealkylation sites (N-methyl/N-ethyl adjacent to an activating group) is 2. The van der Waals surface area contributed by atoms with Gasteiger partial charge in [-0.25, -0.2) is 4.79 Å². The van der Waals surface area contributed by atoms with Gasteiger partial charge in [0.2, 0.25) is 5.91 Å². The highest BCUT2D eigenvalue weighted by atomic mass is 28.4. The lowest BCUT2D eigenvalue weighted by Crippen LogP contribution is -2.40. The Morgan fingerprint density at radius 2 is 1.44 bits per heavy atom. The standard InChI is InChI=1S/C25H36N2O4Si/c1-25(2,3)32(6,7)31-19-21-13-15-22(16-14-21)27(5)23(28)17-26(4)24(29)30-18-20-11-9-8-10-12-20/h8-16H,17-19H2,1-7H3. The second kappa shape index (κ2) is 10.8. The van der Waals surface area contributed by atoms with Crippen LogP contribution in [-0.4, -0.2) is 45.9 Å². The third-order valence-corrected chi connectivity index (χ3v) is 10.5. The van der Waals surface area contributed by atoms with Crippen molar-refractivity contribution in [3.63, 3.8) is 0 Å². The molecule has 174 valence electrons. The molecule has 0 saturated heterocycles. The number of benzene rings is 2. The Hall–Kier alpha value is -2.64. The van der Waals surface area contributed by atoms with Crippen LogP contribution in [0, 0.1) is 0 Å². The van der Waals surface area contributed by atoms with Crippen molar-refractivity contribution in [3.05, 3.63) is 65.7 Å². The van der Waals surface area contributed by atoms with E-state index in [0.717, 1.165) is 16.8 Å². The van der Waals surface area contributed by atoms with E-state index in [1.54, 1.807) is 19.0 Å². The van der Waals surface area contributed by atoms with Gasteiger partial charge >= 0.3 is 6.09 Å². The van der Waals surface area contributed by atoms with E-state index < -0.39 is 14.4 Å². The Balaban J connectivity index is 1.86. The molecule has 0 aliphatic rings. The Morgan fingerprint density at radius 1 is 0.875 bits per heavy atom. The maximum atomic E-state index is 12.6. The summed E-state index contributed by atoms with van der Waals surface area (Å²) >= 11 is 0. The number of amides is 2. The van der Waals surface area contributed by atoms with Crippen LogP contribution in [0.2, 0.25) is 18.1 Å². The summed E-state index contributed by atoms with van der Waals surface area (Å²) in [6.45, 7) is 11.8. The van der Waals surface area contributed by atoms with Crippen molar-refractivity contribution in [3.8, 4) is 0 Å². The zero-order valence-corrected chi connectivity index (χ0v) is 21.3. The molecule has 0 aliphatic carbocycles. The molecular formula is C25H36N2O4Si. The zero-order valence-electron chi connectivity index (χ0n) is 20.3. The Labute approximate surface area is 193 Å². The van der Waals surface area contributed by atoms with E-state index in [-0.39, 0.29) is 24.1 Å². The summed E-state index contributed by atoms with van der Waals surface area (Å²) < 4.78 is 11.5. The number of carbonyl (C=O) groups excluding carboxylic acids is 2. The molecule has 6 nitrogen and oxygen atoms in total. The molecule has 0 aliphatic heterocycles. The van der Waals surface area contributed by atoms with Crippen molar-refractivity contribution in [1.29, 1.82) is 0 Å². The Morgan fingerprint density at radius 3 is 2.00 bits per heavy atom. The number of ether oxygens (including phenoxy) is 1. The van der Waals surface area contributed by atoms with Crippen molar-refractivity contribution in [1.82, 2.24) is 4.90 Å². The van der Waals surface area contributed by atoms with Gasteiger partial charge in [-0.1, -0.05) is 63.2 Å². The highest BCUT2D eigenvalue weighted by Gasteiger charge is 2.37. The van der Waals surface area contributed by atoms with Gasteiger partial charge in [-0.05, 0) is 41.4 Å². The minimum absolute atomic E-state index is 0.0691. The zero-order chi connectivity index (χ0) is 23.9. The van der Waals surface area contributed by atoms with E-state index in [1.165, 1.54) is 4.90 Å². The van der Waals surface area contributed by atoms with Crippen molar-refractivity contribution in [2.45, 2.75) is 52.1 Å². The summed E-state index contributed by atoms with van der Waals surface area (Å²) in [6, 6.07) is 17.2. The van der Waals surface area contributed by atoms with E-state index in [9.17, 15) is 9.59 Å². The number of nitrogens with zero attached hydrogens (tertiary/aromatic N) is 2. The molecule has 2 aromatic rings. The van der Waals surface area contributed by atoms with Gasteiger partial charge in [-0.3, -0.25) is 4.79 Å². The summed E-state index contributed by atoms with van der Waals surface area (Å²) in [5.41, 5.74) is 2.73. The third kappa shape index (κ3) is 7.21. The van der Waals surface area contributed by atoms with E-state index in [1.807, 2.05) is 54.6 Å². The molecule has 0 heterocycles. The van der Waals surface area contributed by atoms with Crippen molar-refractivity contribution in [2.75, 3.05) is 25.5 Å². The Kier molecular flexibility index (Phi) is 8.63. The van der Waals surface area contributed by atoms with Crippen LogP contribution in [0.25, 0.3) is 0 Å². The highest BCUT2D eigenvalue weighted by Crippen LogP contribution is 2.37. The SMILES string of the molecule is CN(CC(=O)N(C)c1ccc(CO[Si](C)(C)C(C)(C)C)cc1)C(=O)OCc1ccccc1. The minimum Gasteiger partial charge on any atom is -0.445 e. The lowest BCUT2D eigenvalue weighted by molar-refractivity contribution is -0.119. The number of rotatable bonds is 8. The van der Waals surface area contributed by atoms with Crippen molar-refractivity contribution >= 4 is 26.0 Å². The van der Waals surface area contributed by atoms with Gasteiger partial charge in [0, 0.05) is 19.8 Å². The van der Waals surface area contributed by atoms with Crippen LogP contribution < -0.4 is 4.90 Å². The molecule has 0 saturated carbocycles. The van der Waals surface area contributed by atoms with E-state index in [4.69, 9.17) is 9.16 Å². The molecule has 0 spiro atoms. The summed E-state index contributed by atoms with van der Waals surface area (Å²) in [5.74, 6) is -0.200. The summed E-state index contributed by atoms with van der Waals surface area (Å²) in [7, 11) is 1.44. The van der Waals surface area contributed by atoms with Crippen LogP contribution in [0.15, 0.2) is 54.6 Å². The normalized spacial score (nSPS) is 11.7. The molecule has 0 N–H and O–H groups in total. The van der Waals surface area contributed by atoms with Gasteiger partial charge in [0.15, 0.2) is 8.32 Å². The molecule has 0 fully saturated rings. The predicted octanol–water partition coefficient (Wildman–Crippen LogP) is 5.44. The molecule has 7 heteroatoms. The van der Waals surface area contributed by atoms with Crippen molar-refractivity contribution in [2.24, 2.45) is 0 Å². The third-order valence-electron chi connectivity index (χ3n) is 5.99. The Bertz CT molecular complexity index is 892. The van der Waals surface area contributed by atoms with Gasteiger partial charge in [-0.15, -0.1) is 0 Å². The first-order valence-corrected chi connectivity index (χ1v) is 13.7. The monoisotopic (exact) mass is 456 g/mol. The number of carbonyl (C=O) groups is 2. The smallest absolute Gasteiger partial charge is 0.410 e. The van der Waals surface area contributed by atoms with Gasteiger partial charge in [-0.2, -0.15) is 0 Å². The second-order valence-electron chi connectivity index (χ2n) is 9.56. The van der Waals surface area contributed by atoms with Crippen LogP contribution >= 0.6 is 0 Å². The number of hydrogen-bond donors (Lipinski definition) is 0. The summed E-state index contributed by atoms with van der Waals surface area (Å²) in [5, 5.41) is 0.161. The minimum atomic E-state index is -1.81. The predicted molar refractivity (Wildman–Crippen MR) is 131 cm³/mol. The van der Waals surface area contributed by atoms with Gasteiger partial charge < -0.3 is 19.0 Å². The molecule has 2 amide bonds. The second-order valence-corrected chi connectivity index (χ2v) is 14.4. The number of hydrogen-bond acceptors (Lipinski definition) is 4. The van der Waals surface area contributed by atoms with Gasteiger partial charge in [0.25, 0.3) is 0 Å². The summed E-state index contributed by atoms with van der Waals surface area (Å²) in [6.07, 6.45) is -0.534. The van der Waals surface area contributed by atoms with Crippen LogP contribution in [-0.2, 0) is 27.2 Å². The fraction of sp³-hybridized carbons (Fsp3) is 0.440. The maximum Gasteiger partial charge on any atom is 0.410 e. The van der Waals surface area contributed by atoms with E-state index in [0.29, 0.717) is 6.61 Å². The fourth-order valence-corrected chi connectivity index (χ4v) is 3.60. The van der Waals surface area contributed by atoms with Crippen LogP contribution in [0.5, 0.6) is 0 Å². The van der Waals surface area contributed by atoms with Crippen LogP contribution in [0.1, 0.15) is 31.9 Å². The van der Waals surface area contributed by atoms with Crippen LogP contribution in [0.4, 0.5) is 10.5 Å². The maximum absolute atomic E-state index is 12.6. The first kappa shape index (κ1) is 25.6. The molecule has 0 radical (unpaired) electrons. The molecule has 0 bridgehead atoms. The summed E-state index contributed by atoms with van der Waals surface area (Å²) in [4.78, 5) is 27.7. The molecule has 0 atom stereocenters. The highest BCUT2D eigenvalue weighted by molar-refractivity contribution is 6.74. The lowest BCUT2D eigenvalue weighted by Gasteiger charge is -2.36. The first-order valence-electron chi connectivity index (χ1n) is 10.8. The average Bonchev–Trinajstić information content (AvgIpc) is 2.75. The first-order chi connectivity index (χ1) is 14.9. The topological polar surface area (TPSA) is 59.1 Å². The average molecular weight is 457 g/mol. The fourth-order valence-electron chi connectivity index (χ4n) is 2.64. The lowest BCUT2D eigenvalue weighted by atomic mass is 10.2. The molecule has 32 heavy (non-hydrogen) atoms. The molecule has 0 aromatic heterocycles. The van der Waals surface area contributed by atoms with E-state index >= 15 is 0 Å².